The highest BCUT2D eigenvalue weighted by atomic mass is 32.2. The third-order valence-corrected chi connectivity index (χ3v) is 6.79. The zero-order valence-electron chi connectivity index (χ0n) is 14.1. The second kappa shape index (κ2) is 8.22. The summed E-state index contributed by atoms with van der Waals surface area (Å²) in [4.78, 5) is 4.67. The van der Waals surface area contributed by atoms with Crippen LogP contribution < -0.4 is 5.32 Å². The number of anilines is 1. The fourth-order valence-corrected chi connectivity index (χ4v) is 5.14. The van der Waals surface area contributed by atoms with Gasteiger partial charge in [0.15, 0.2) is 5.82 Å². The number of ether oxygens (including phenoxy) is 1. The van der Waals surface area contributed by atoms with E-state index in [-0.39, 0.29) is 0 Å². The van der Waals surface area contributed by atoms with Crippen molar-refractivity contribution in [3.05, 3.63) is 35.7 Å². The van der Waals surface area contributed by atoms with Gasteiger partial charge in [-0.2, -0.15) is 8.68 Å². The average molecular weight is 383 g/mol. The van der Waals surface area contributed by atoms with Crippen molar-refractivity contribution in [3.63, 3.8) is 0 Å². The van der Waals surface area contributed by atoms with Gasteiger partial charge in [0.2, 0.25) is 15.2 Å². The Labute approximate surface area is 152 Å². The number of hydrogen-bond acceptors (Lipinski definition) is 7. The molecule has 0 radical (unpaired) electrons. The highest BCUT2D eigenvalue weighted by Crippen LogP contribution is 2.24. The van der Waals surface area contributed by atoms with Crippen LogP contribution >= 0.6 is 11.5 Å². The van der Waals surface area contributed by atoms with Crippen molar-refractivity contribution < 1.29 is 13.2 Å². The van der Waals surface area contributed by atoms with Crippen LogP contribution in [0.25, 0.3) is 0 Å². The topological polar surface area (TPSA) is 84.4 Å². The number of hydrogen-bond donors (Lipinski definition) is 1. The van der Waals surface area contributed by atoms with Gasteiger partial charge in [0.25, 0.3) is 0 Å². The maximum atomic E-state index is 13.0. The van der Waals surface area contributed by atoms with E-state index >= 15 is 0 Å². The summed E-state index contributed by atoms with van der Waals surface area (Å²) in [6, 6.07) is 7.13. The second-order valence-corrected chi connectivity index (χ2v) is 8.53. The van der Waals surface area contributed by atoms with E-state index in [0.717, 1.165) is 24.8 Å². The van der Waals surface area contributed by atoms with Crippen molar-refractivity contribution in [3.8, 4) is 0 Å². The van der Waals surface area contributed by atoms with Crippen LogP contribution in [0.4, 0.5) is 5.13 Å². The number of aromatic nitrogens is 2. The summed E-state index contributed by atoms with van der Waals surface area (Å²) in [6.45, 7) is 1.94. The molecule has 0 spiro atoms. The molecule has 1 fully saturated rings. The molecule has 3 rings (SSSR count). The molecule has 0 amide bonds. The predicted octanol–water partition coefficient (Wildman–Crippen LogP) is 2.47. The number of nitrogens with one attached hydrogen (secondary N) is 1. The Kier molecular flexibility index (Phi) is 6.00. The Morgan fingerprint density at radius 1 is 1.24 bits per heavy atom. The van der Waals surface area contributed by atoms with Gasteiger partial charge in [-0.15, -0.1) is 0 Å². The van der Waals surface area contributed by atoms with E-state index in [4.69, 9.17) is 4.74 Å². The summed E-state index contributed by atoms with van der Waals surface area (Å²) in [5.74, 6) is 0.615. The van der Waals surface area contributed by atoms with Gasteiger partial charge in [-0.1, -0.05) is 24.6 Å². The summed E-state index contributed by atoms with van der Waals surface area (Å²) < 4.78 is 36.7. The molecular formula is C16H22N4O3S2. The predicted molar refractivity (Wildman–Crippen MR) is 97.0 cm³/mol. The Balaban J connectivity index is 1.76. The average Bonchev–Trinajstić information content (AvgIpc) is 3.09. The molecule has 0 saturated carbocycles. The van der Waals surface area contributed by atoms with E-state index < -0.39 is 10.0 Å². The molecule has 136 valence electrons. The molecule has 0 aliphatic carbocycles. The standard InChI is InChI=1S/C16H22N4O3S2/c1-23-12-15-18-16(24-19-15)17-11-13-7-3-4-8-14(13)25(21,22)20-9-5-2-6-10-20/h3-4,7-8H,2,5-6,9-12H2,1H3,(H,17,18,19). The lowest BCUT2D eigenvalue weighted by atomic mass is 10.2. The maximum Gasteiger partial charge on any atom is 0.243 e. The Morgan fingerprint density at radius 3 is 2.76 bits per heavy atom. The SMILES string of the molecule is COCc1nsc(NCc2ccccc2S(=O)(=O)N2CCCCC2)n1. The molecular weight excluding hydrogens is 360 g/mol. The molecule has 7 nitrogen and oxygen atoms in total. The molecule has 2 aromatic rings. The molecule has 25 heavy (non-hydrogen) atoms. The number of rotatable bonds is 7. The first-order valence-electron chi connectivity index (χ1n) is 8.24. The van der Waals surface area contributed by atoms with Crippen molar-refractivity contribution in [2.24, 2.45) is 0 Å². The molecule has 0 atom stereocenters. The zero-order chi connectivity index (χ0) is 17.7. The van der Waals surface area contributed by atoms with Crippen molar-refractivity contribution in [1.29, 1.82) is 0 Å². The molecule has 1 aliphatic rings. The quantitative estimate of drug-likeness (QED) is 0.792. The molecule has 1 N–H and O–H groups in total. The van der Waals surface area contributed by atoms with Crippen molar-refractivity contribution in [1.82, 2.24) is 13.7 Å². The largest absolute Gasteiger partial charge is 0.377 e. The van der Waals surface area contributed by atoms with Gasteiger partial charge < -0.3 is 10.1 Å². The van der Waals surface area contributed by atoms with Crippen molar-refractivity contribution in [2.45, 2.75) is 37.3 Å². The smallest absolute Gasteiger partial charge is 0.243 e. The van der Waals surface area contributed by atoms with Crippen molar-refractivity contribution >= 4 is 26.7 Å². The van der Waals surface area contributed by atoms with E-state index in [0.29, 0.717) is 42.1 Å². The minimum absolute atomic E-state index is 0.359. The van der Waals surface area contributed by atoms with E-state index in [1.807, 2.05) is 12.1 Å². The summed E-state index contributed by atoms with van der Waals surface area (Å²) in [6.07, 6.45) is 2.94. The highest BCUT2D eigenvalue weighted by Gasteiger charge is 2.27. The number of piperidine rings is 1. The molecule has 0 bridgehead atoms. The minimum atomic E-state index is -3.46. The first kappa shape index (κ1) is 18.2. The van der Waals surface area contributed by atoms with Crippen LogP contribution in [-0.2, 0) is 27.9 Å². The van der Waals surface area contributed by atoms with Gasteiger partial charge in [0.05, 0.1) is 4.90 Å². The molecule has 1 saturated heterocycles. The monoisotopic (exact) mass is 382 g/mol. The lowest BCUT2D eigenvalue weighted by Crippen LogP contribution is -2.36. The second-order valence-electron chi connectivity index (χ2n) is 5.87. The van der Waals surface area contributed by atoms with Crippen LogP contribution in [0.1, 0.15) is 30.7 Å². The van der Waals surface area contributed by atoms with Crippen LogP contribution in [-0.4, -0.2) is 42.3 Å². The molecule has 2 heterocycles. The number of benzene rings is 1. The van der Waals surface area contributed by atoms with Gasteiger partial charge in [0, 0.05) is 38.3 Å². The van der Waals surface area contributed by atoms with E-state index in [9.17, 15) is 8.42 Å². The highest BCUT2D eigenvalue weighted by molar-refractivity contribution is 7.89. The van der Waals surface area contributed by atoms with E-state index in [2.05, 4.69) is 14.7 Å². The molecule has 9 heteroatoms. The molecule has 1 aliphatic heterocycles. The van der Waals surface area contributed by atoms with Crippen LogP contribution in [0.5, 0.6) is 0 Å². The van der Waals surface area contributed by atoms with Crippen LogP contribution in [0, 0.1) is 0 Å². The molecule has 1 aromatic carbocycles. The zero-order valence-corrected chi connectivity index (χ0v) is 15.8. The summed E-state index contributed by atoms with van der Waals surface area (Å²) in [5.41, 5.74) is 0.733. The van der Waals surface area contributed by atoms with Gasteiger partial charge in [-0.05, 0) is 24.5 Å². The van der Waals surface area contributed by atoms with Crippen molar-refractivity contribution in [2.75, 3.05) is 25.5 Å². The Morgan fingerprint density at radius 2 is 2.00 bits per heavy atom. The summed E-state index contributed by atoms with van der Waals surface area (Å²) >= 11 is 1.24. The van der Waals surface area contributed by atoms with Gasteiger partial charge in [-0.3, -0.25) is 0 Å². The van der Waals surface area contributed by atoms with E-state index in [1.54, 1.807) is 23.5 Å². The van der Waals surface area contributed by atoms with Crippen LogP contribution in [0.2, 0.25) is 0 Å². The Bertz CT molecular complexity index is 801. The number of sulfonamides is 1. The fourth-order valence-electron chi connectivity index (χ4n) is 2.83. The summed E-state index contributed by atoms with van der Waals surface area (Å²) in [7, 11) is -1.87. The first-order chi connectivity index (χ1) is 12.1. The van der Waals surface area contributed by atoms with Crippen LogP contribution in [0.3, 0.4) is 0 Å². The number of methoxy groups -OCH3 is 1. The van der Waals surface area contributed by atoms with Gasteiger partial charge in [-0.25, -0.2) is 13.4 Å². The maximum absolute atomic E-state index is 13.0. The minimum Gasteiger partial charge on any atom is -0.377 e. The van der Waals surface area contributed by atoms with Gasteiger partial charge >= 0.3 is 0 Å². The summed E-state index contributed by atoms with van der Waals surface area (Å²) in [5, 5.41) is 3.81. The van der Waals surface area contributed by atoms with Crippen LogP contribution in [0.15, 0.2) is 29.2 Å². The normalized spacial score (nSPS) is 16.0. The van der Waals surface area contributed by atoms with Gasteiger partial charge in [0.1, 0.15) is 6.61 Å². The Hall–Kier alpha value is -1.55. The molecule has 0 unspecified atom stereocenters. The number of nitrogens with zero attached hydrogens (tertiary/aromatic N) is 3. The lowest BCUT2D eigenvalue weighted by molar-refractivity contribution is 0.179. The third-order valence-electron chi connectivity index (χ3n) is 4.08. The lowest BCUT2D eigenvalue weighted by Gasteiger charge is -2.26. The van der Waals surface area contributed by atoms with E-state index in [1.165, 1.54) is 11.5 Å². The molecule has 1 aromatic heterocycles. The fraction of sp³-hybridized carbons (Fsp3) is 0.500. The third kappa shape index (κ3) is 4.35. The first-order valence-corrected chi connectivity index (χ1v) is 10.5.